The van der Waals surface area contributed by atoms with Crippen molar-refractivity contribution in [1.29, 1.82) is 0 Å². The third kappa shape index (κ3) is 5.19. The van der Waals surface area contributed by atoms with Gasteiger partial charge in [-0.15, -0.1) is 0 Å². The molecule has 0 bridgehead atoms. The molecule has 0 saturated carbocycles. The molecule has 1 aliphatic rings. The minimum atomic E-state index is -3.67. The summed E-state index contributed by atoms with van der Waals surface area (Å²) in [5.41, 5.74) is 4.22. The first-order valence-electron chi connectivity index (χ1n) is 10.0. The summed E-state index contributed by atoms with van der Waals surface area (Å²) in [5, 5.41) is 2.63. The van der Waals surface area contributed by atoms with Gasteiger partial charge in [0.05, 0.1) is 4.90 Å². The number of hydrogen-bond donors (Lipinski definition) is 2. The topological polar surface area (TPSA) is 81.7 Å². The fraction of sp³-hybridized carbons (Fsp3) is 0.409. The average Bonchev–Trinajstić information content (AvgIpc) is 2.68. The normalized spacial score (nSPS) is 15.0. The molecule has 0 aliphatic carbocycles. The van der Waals surface area contributed by atoms with E-state index in [0.717, 1.165) is 24.9 Å². The largest absolute Gasteiger partial charge is 0.374 e. The number of benzene rings is 2. The summed E-state index contributed by atoms with van der Waals surface area (Å²) in [6.07, 6.45) is 2.17. The molecule has 0 saturated heterocycles. The number of likely N-dealkylation sites (N-methyl/N-ethyl adjacent to an activating group) is 1. The van der Waals surface area contributed by atoms with Crippen molar-refractivity contribution in [2.75, 3.05) is 44.4 Å². The molecule has 1 heterocycles. The van der Waals surface area contributed by atoms with Gasteiger partial charge in [-0.2, -0.15) is 0 Å². The fourth-order valence-electron chi connectivity index (χ4n) is 3.80. The Bertz CT molecular complexity index is 1000. The van der Waals surface area contributed by atoms with Crippen LogP contribution < -0.4 is 14.9 Å². The molecular weight excluding hydrogens is 400 g/mol. The Kier molecular flexibility index (Phi) is 6.80. The van der Waals surface area contributed by atoms with Gasteiger partial charge in [-0.3, -0.25) is 4.79 Å². The second-order valence-electron chi connectivity index (χ2n) is 7.95. The molecule has 0 radical (unpaired) electrons. The maximum absolute atomic E-state index is 12.8. The number of amides is 1. The number of carbonyl (C=O) groups is 1. The second-order valence-corrected chi connectivity index (χ2v) is 9.72. The van der Waals surface area contributed by atoms with Crippen molar-refractivity contribution in [3.8, 4) is 0 Å². The van der Waals surface area contributed by atoms with Crippen molar-refractivity contribution in [3.63, 3.8) is 0 Å². The third-order valence-corrected chi connectivity index (χ3v) is 6.85. The smallest absolute Gasteiger partial charge is 0.240 e. The van der Waals surface area contributed by atoms with Crippen molar-refractivity contribution in [3.05, 3.63) is 53.6 Å². The lowest BCUT2D eigenvalue weighted by Crippen LogP contribution is -2.34. The van der Waals surface area contributed by atoms with Gasteiger partial charge in [0.25, 0.3) is 0 Å². The van der Waals surface area contributed by atoms with E-state index in [4.69, 9.17) is 0 Å². The Morgan fingerprint density at radius 3 is 2.50 bits per heavy atom. The zero-order valence-corrected chi connectivity index (χ0v) is 18.8. The number of hydrogen-bond acceptors (Lipinski definition) is 5. The monoisotopic (exact) mass is 430 g/mol. The highest BCUT2D eigenvalue weighted by Gasteiger charge is 2.22. The van der Waals surface area contributed by atoms with E-state index in [0.29, 0.717) is 5.69 Å². The van der Waals surface area contributed by atoms with Gasteiger partial charge >= 0.3 is 0 Å². The van der Waals surface area contributed by atoms with Crippen molar-refractivity contribution in [1.82, 2.24) is 9.62 Å². The zero-order chi connectivity index (χ0) is 21.9. The van der Waals surface area contributed by atoms with Crippen LogP contribution in [-0.2, 0) is 21.2 Å². The van der Waals surface area contributed by atoms with Crippen molar-refractivity contribution in [2.24, 2.45) is 0 Å². The molecule has 1 atom stereocenters. The van der Waals surface area contributed by atoms with Crippen molar-refractivity contribution < 1.29 is 13.2 Å². The van der Waals surface area contributed by atoms with Crippen LogP contribution in [0.1, 0.15) is 30.5 Å². The van der Waals surface area contributed by atoms with Gasteiger partial charge in [0.15, 0.2) is 0 Å². The summed E-state index contributed by atoms with van der Waals surface area (Å²) < 4.78 is 28.3. The predicted octanol–water partition coefficient (Wildman–Crippen LogP) is 2.61. The lowest BCUT2D eigenvalue weighted by molar-refractivity contribution is -0.114. The highest BCUT2D eigenvalue weighted by atomic mass is 32.2. The molecule has 3 rings (SSSR count). The summed E-state index contributed by atoms with van der Waals surface area (Å²) in [6, 6.07) is 12.5. The highest BCUT2D eigenvalue weighted by Crippen LogP contribution is 2.30. The molecule has 162 valence electrons. The summed E-state index contributed by atoms with van der Waals surface area (Å²) in [4.78, 5) is 15.6. The Morgan fingerprint density at radius 1 is 1.17 bits per heavy atom. The lowest BCUT2D eigenvalue weighted by atomic mass is 9.96. The standard InChI is InChI=1S/C22H30N4O3S/c1-16(27)24-19-8-10-20(11-9-19)30(28,29)23-15-22(25(2)3)18-7-12-21-17(14-18)6-5-13-26(21)4/h7-12,14,22-23H,5-6,13,15H2,1-4H3,(H,24,27)/t22-/m1/s1. The predicted molar refractivity (Wildman–Crippen MR) is 120 cm³/mol. The quantitative estimate of drug-likeness (QED) is 0.706. The zero-order valence-electron chi connectivity index (χ0n) is 18.0. The molecule has 1 amide bonds. The number of aryl methyl sites for hydroxylation is 1. The SMILES string of the molecule is CC(=O)Nc1ccc(S(=O)(=O)NC[C@H](c2ccc3c(c2)CCCN3C)N(C)C)cc1. The molecule has 1 aliphatic heterocycles. The molecule has 0 fully saturated rings. The maximum atomic E-state index is 12.8. The number of fused-ring (bicyclic) bond motifs is 1. The number of anilines is 2. The summed E-state index contributed by atoms with van der Waals surface area (Å²) in [6.45, 7) is 2.73. The van der Waals surface area contributed by atoms with E-state index in [-0.39, 0.29) is 23.4 Å². The molecular formula is C22H30N4O3S. The van der Waals surface area contributed by atoms with Gasteiger partial charge in [-0.25, -0.2) is 13.1 Å². The van der Waals surface area contributed by atoms with E-state index in [2.05, 4.69) is 40.2 Å². The van der Waals surface area contributed by atoms with Gasteiger partial charge in [0, 0.05) is 44.5 Å². The van der Waals surface area contributed by atoms with Gasteiger partial charge < -0.3 is 15.1 Å². The summed E-state index contributed by atoms with van der Waals surface area (Å²) >= 11 is 0. The van der Waals surface area contributed by atoms with Crippen LogP contribution in [0.3, 0.4) is 0 Å². The van der Waals surface area contributed by atoms with Crippen molar-refractivity contribution in [2.45, 2.75) is 30.7 Å². The molecule has 0 spiro atoms. The van der Waals surface area contributed by atoms with E-state index in [9.17, 15) is 13.2 Å². The first-order valence-corrected chi connectivity index (χ1v) is 11.5. The van der Waals surface area contributed by atoms with E-state index in [1.54, 1.807) is 12.1 Å². The third-order valence-electron chi connectivity index (χ3n) is 5.41. The van der Waals surface area contributed by atoms with Gasteiger partial charge in [-0.05, 0) is 68.4 Å². The van der Waals surface area contributed by atoms with E-state index in [1.165, 1.54) is 30.3 Å². The highest BCUT2D eigenvalue weighted by molar-refractivity contribution is 7.89. The van der Waals surface area contributed by atoms with E-state index in [1.807, 2.05) is 19.0 Å². The minimum absolute atomic E-state index is 0.0871. The first kappa shape index (κ1) is 22.3. The molecule has 7 nitrogen and oxygen atoms in total. The molecule has 2 aromatic rings. The van der Waals surface area contributed by atoms with Crippen LogP contribution >= 0.6 is 0 Å². The van der Waals surface area contributed by atoms with Crippen LogP contribution in [0.25, 0.3) is 0 Å². The van der Waals surface area contributed by atoms with Gasteiger partial charge in [0.2, 0.25) is 15.9 Å². The van der Waals surface area contributed by atoms with E-state index < -0.39 is 10.0 Å². The molecule has 0 aromatic heterocycles. The number of nitrogens with one attached hydrogen (secondary N) is 2. The number of sulfonamides is 1. The minimum Gasteiger partial charge on any atom is -0.374 e. The Labute approximate surface area is 179 Å². The number of nitrogens with zero attached hydrogens (tertiary/aromatic N) is 2. The second kappa shape index (κ2) is 9.16. The molecule has 30 heavy (non-hydrogen) atoms. The summed E-state index contributed by atoms with van der Waals surface area (Å²) in [5.74, 6) is -0.200. The molecule has 2 aromatic carbocycles. The number of rotatable bonds is 7. The van der Waals surface area contributed by atoms with Crippen molar-refractivity contribution >= 4 is 27.3 Å². The Balaban J connectivity index is 1.75. The molecule has 8 heteroatoms. The molecule has 0 unspecified atom stereocenters. The Morgan fingerprint density at radius 2 is 1.87 bits per heavy atom. The van der Waals surface area contributed by atoms with E-state index >= 15 is 0 Å². The van der Waals surface area contributed by atoms with Crippen LogP contribution in [0, 0.1) is 0 Å². The summed E-state index contributed by atoms with van der Waals surface area (Å²) in [7, 11) is 2.34. The van der Waals surface area contributed by atoms with Crippen LogP contribution in [-0.4, -0.2) is 53.5 Å². The number of carbonyl (C=O) groups excluding carboxylic acids is 1. The maximum Gasteiger partial charge on any atom is 0.240 e. The molecule has 2 N–H and O–H groups in total. The Hall–Kier alpha value is -2.42. The average molecular weight is 431 g/mol. The van der Waals surface area contributed by atoms with Gasteiger partial charge in [0.1, 0.15) is 0 Å². The van der Waals surface area contributed by atoms with Crippen LogP contribution in [0.15, 0.2) is 47.4 Å². The first-order chi connectivity index (χ1) is 14.2. The van der Waals surface area contributed by atoms with Crippen LogP contribution in [0.4, 0.5) is 11.4 Å². The fourth-order valence-corrected chi connectivity index (χ4v) is 4.84. The van der Waals surface area contributed by atoms with Crippen LogP contribution in [0.5, 0.6) is 0 Å². The van der Waals surface area contributed by atoms with Gasteiger partial charge in [-0.1, -0.05) is 12.1 Å². The van der Waals surface area contributed by atoms with Crippen LogP contribution in [0.2, 0.25) is 0 Å². The lowest BCUT2D eigenvalue weighted by Gasteiger charge is -2.30.